The number of nitrogens with one attached hydrogen (secondary N) is 1. The fraction of sp³-hybridized carbons (Fsp3) is 0.176. The Labute approximate surface area is 127 Å². The predicted octanol–water partition coefficient (Wildman–Crippen LogP) is 2.68. The topological polar surface area (TPSA) is 64.4 Å². The van der Waals surface area contributed by atoms with Gasteiger partial charge in [0.05, 0.1) is 0 Å². The second-order valence-corrected chi connectivity index (χ2v) is 4.91. The van der Waals surface area contributed by atoms with Gasteiger partial charge in [0, 0.05) is 30.5 Å². The Kier molecular flexibility index (Phi) is 4.16. The summed E-state index contributed by atoms with van der Waals surface area (Å²) in [5.74, 6) is 0.454. The molecule has 22 heavy (non-hydrogen) atoms. The molecule has 112 valence electrons. The number of methoxy groups -OCH3 is 1. The molecule has 1 N–H and O–H groups in total. The van der Waals surface area contributed by atoms with Crippen molar-refractivity contribution in [1.82, 2.24) is 10.3 Å². The summed E-state index contributed by atoms with van der Waals surface area (Å²) in [4.78, 5) is 16.0. The van der Waals surface area contributed by atoms with E-state index >= 15 is 0 Å². The Morgan fingerprint density at radius 3 is 2.91 bits per heavy atom. The number of furan rings is 1. The maximum Gasteiger partial charge on any atom is 0.246 e. The van der Waals surface area contributed by atoms with E-state index in [0.29, 0.717) is 5.76 Å². The predicted molar refractivity (Wildman–Crippen MR) is 82.3 cm³/mol. The Balaban J connectivity index is 1.98. The average molecular weight is 296 g/mol. The number of rotatable bonds is 5. The van der Waals surface area contributed by atoms with Crippen LogP contribution in [0.25, 0.3) is 11.0 Å². The lowest BCUT2D eigenvalue weighted by Gasteiger charge is -2.16. The van der Waals surface area contributed by atoms with Crippen LogP contribution in [-0.2, 0) is 9.53 Å². The molecule has 0 bridgehead atoms. The molecular formula is C17H16N2O3. The molecule has 5 heteroatoms. The number of benzene rings is 1. The van der Waals surface area contributed by atoms with Gasteiger partial charge in [-0.1, -0.05) is 24.3 Å². The fourth-order valence-corrected chi connectivity index (χ4v) is 2.34. The molecule has 0 aliphatic heterocycles. The molecule has 5 nitrogen and oxygen atoms in total. The molecule has 3 rings (SSSR count). The van der Waals surface area contributed by atoms with Crippen LogP contribution in [0.3, 0.4) is 0 Å². The van der Waals surface area contributed by atoms with Gasteiger partial charge < -0.3 is 14.5 Å². The van der Waals surface area contributed by atoms with E-state index in [2.05, 4.69) is 10.3 Å². The molecule has 0 radical (unpaired) electrons. The molecular weight excluding hydrogens is 280 g/mol. The lowest BCUT2D eigenvalue weighted by molar-refractivity contribution is -0.125. The number of hydrogen-bond donors (Lipinski definition) is 1. The third-order valence-electron chi connectivity index (χ3n) is 3.33. The molecule has 1 aromatic carbocycles. The average Bonchev–Trinajstić information content (AvgIpc) is 2.97. The maximum absolute atomic E-state index is 11.9. The minimum absolute atomic E-state index is 0.00299. The minimum Gasteiger partial charge on any atom is -0.459 e. The van der Waals surface area contributed by atoms with Crippen LogP contribution in [0.2, 0.25) is 0 Å². The van der Waals surface area contributed by atoms with Crippen LogP contribution in [0.15, 0.2) is 59.3 Å². The van der Waals surface area contributed by atoms with Crippen molar-refractivity contribution in [3.05, 3.63) is 66.2 Å². The van der Waals surface area contributed by atoms with Crippen LogP contribution in [-0.4, -0.2) is 24.6 Å². The van der Waals surface area contributed by atoms with Crippen LogP contribution in [0.5, 0.6) is 0 Å². The van der Waals surface area contributed by atoms with Crippen molar-refractivity contribution in [1.29, 1.82) is 0 Å². The van der Waals surface area contributed by atoms with Gasteiger partial charge in [0.15, 0.2) is 0 Å². The van der Waals surface area contributed by atoms with Gasteiger partial charge in [-0.2, -0.15) is 0 Å². The van der Waals surface area contributed by atoms with Crippen molar-refractivity contribution in [2.75, 3.05) is 13.7 Å². The van der Waals surface area contributed by atoms with Crippen LogP contribution in [0, 0.1) is 0 Å². The Morgan fingerprint density at radius 2 is 2.18 bits per heavy atom. The molecule has 1 unspecified atom stereocenters. The SMILES string of the molecule is COCC(=O)NC(c1cccnc1)c1cc2ccccc2o1. The minimum atomic E-state index is -0.399. The van der Waals surface area contributed by atoms with E-state index in [1.165, 1.54) is 7.11 Å². The normalized spacial score (nSPS) is 12.2. The largest absolute Gasteiger partial charge is 0.459 e. The van der Waals surface area contributed by atoms with Gasteiger partial charge >= 0.3 is 0 Å². The monoisotopic (exact) mass is 296 g/mol. The molecule has 1 amide bonds. The van der Waals surface area contributed by atoms with E-state index in [0.717, 1.165) is 16.5 Å². The summed E-state index contributed by atoms with van der Waals surface area (Å²) < 4.78 is 10.8. The molecule has 0 aliphatic rings. The number of carbonyl (C=O) groups is 1. The van der Waals surface area contributed by atoms with Crippen molar-refractivity contribution in [2.24, 2.45) is 0 Å². The van der Waals surface area contributed by atoms with Crippen molar-refractivity contribution in [3.63, 3.8) is 0 Å². The van der Waals surface area contributed by atoms with E-state index in [-0.39, 0.29) is 12.5 Å². The number of nitrogens with zero attached hydrogens (tertiary/aromatic N) is 1. The summed E-state index contributed by atoms with van der Waals surface area (Å²) in [6.45, 7) is -0.00299. The van der Waals surface area contributed by atoms with Gasteiger partial charge in [-0.05, 0) is 18.2 Å². The lowest BCUT2D eigenvalue weighted by Crippen LogP contribution is -2.31. The highest BCUT2D eigenvalue weighted by atomic mass is 16.5. The summed E-state index contributed by atoms with van der Waals surface area (Å²) in [5, 5.41) is 3.91. The molecule has 3 aromatic rings. The number of hydrogen-bond acceptors (Lipinski definition) is 4. The molecule has 1 atom stereocenters. The van der Waals surface area contributed by atoms with Gasteiger partial charge in [0.2, 0.25) is 5.91 Å². The first-order chi connectivity index (χ1) is 10.8. The van der Waals surface area contributed by atoms with E-state index in [9.17, 15) is 4.79 Å². The van der Waals surface area contributed by atoms with E-state index in [1.54, 1.807) is 12.4 Å². The van der Waals surface area contributed by atoms with Crippen molar-refractivity contribution in [2.45, 2.75) is 6.04 Å². The van der Waals surface area contributed by atoms with E-state index < -0.39 is 6.04 Å². The standard InChI is InChI=1S/C17H16N2O3/c1-21-11-16(20)19-17(13-6-4-8-18-10-13)15-9-12-5-2-3-7-14(12)22-15/h2-10,17H,11H2,1H3,(H,19,20). The summed E-state index contributed by atoms with van der Waals surface area (Å²) >= 11 is 0. The zero-order valence-electron chi connectivity index (χ0n) is 12.2. The highest BCUT2D eigenvalue weighted by molar-refractivity contribution is 5.80. The number of ether oxygens (including phenoxy) is 1. The smallest absolute Gasteiger partial charge is 0.246 e. The highest BCUT2D eigenvalue weighted by Crippen LogP contribution is 2.27. The third kappa shape index (κ3) is 2.99. The van der Waals surface area contributed by atoms with Crippen LogP contribution in [0.4, 0.5) is 0 Å². The lowest BCUT2D eigenvalue weighted by atomic mass is 10.1. The molecule has 0 fully saturated rings. The zero-order valence-corrected chi connectivity index (χ0v) is 12.2. The zero-order chi connectivity index (χ0) is 15.4. The fourth-order valence-electron chi connectivity index (χ4n) is 2.34. The van der Waals surface area contributed by atoms with Gasteiger partial charge in [0.1, 0.15) is 24.0 Å². The van der Waals surface area contributed by atoms with Crippen LogP contribution < -0.4 is 5.32 Å². The van der Waals surface area contributed by atoms with Crippen molar-refractivity contribution in [3.8, 4) is 0 Å². The van der Waals surface area contributed by atoms with Crippen molar-refractivity contribution >= 4 is 16.9 Å². The first-order valence-corrected chi connectivity index (χ1v) is 6.94. The van der Waals surface area contributed by atoms with Gasteiger partial charge in [-0.3, -0.25) is 9.78 Å². The second kappa shape index (κ2) is 6.41. The summed E-state index contributed by atoms with van der Waals surface area (Å²) in [5.41, 5.74) is 1.64. The van der Waals surface area contributed by atoms with Gasteiger partial charge in [0.25, 0.3) is 0 Å². The third-order valence-corrected chi connectivity index (χ3v) is 3.33. The van der Waals surface area contributed by atoms with Crippen LogP contribution >= 0.6 is 0 Å². The molecule has 0 spiro atoms. The number of para-hydroxylation sites is 1. The highest BCUT2D eigenvalue weighted by Gasteiger charge is 2.21. The summed E-state index contributed by atoms with van der Waals surface area (Å²) in [7, 11) is 1.49. The van der Waals surface area contributed by atoms with Gasteiger partial charge in [-0.25, -0.2) is 0 Å². The molecule has 2 aromatic heterocycles. The van der Waals surface area contributed by atoms with E-state index in [1.807, 2.05) is 42.5 Å². The molecule has 2 heterocycles. The van der Waals surface area contributed by atoms with E-state index in [4.69, 9.17) is 9.15 Å². The molecule has 0 saturated heterocycles. The molecule has 0 aliphatic carbocycles. The number of fused-ring (bicyclic) bond motifs is 1. The van der Waals surface area contributed by atoms with Crippen LogP contribution in [0.1, 0.15) is 17.4 Å². The molecule has 0 saturated carbocycles. The number of aromatic nitrogens is 1. The number of pyridine rings is 1. The first kappa shape index (κ1) is 14.3. The Hall–Kier alpha value is -2.66. The maximum atomic E-state index is 11.9. The number of amides is 1. The second-order valence-electron chi connectivity index (χ2n) is 4.91. The Bertz CT molecular complexity index is 735. The summed E-state index contributed by atoms with van der Waals surface area (Å²) in [6, 6.07) is 13.0. The summed E-state index contributed by atoms with van der Waals surface area (Å²) in [6.07, 6.45) is 3.40. The van der Waals surface area contributed by atoms with Gasteiger partial charge in [-0.15, -0.1) is 0 Å². The first-order valence-electron chi connectivity index (χ1n) is 6.94. The van der Waals surface area contributed by atoms with Crippen molar-refractivity contribution < 1.29 is 13.9 Å². The number of carbonyl (C=O) groups excluding carboxylic acids is 1. The quantitative estimate of drug-likeness (QED) is 0.786. The Morgan fingerprint density at radius 1 is 1.32 bits per heavy atom.